The average molecular weight is 377 g/mol. The van der Waals surface area contributed by atoms with Gasteiger partial charge in [0, 0.05) is 44.1 Å². The molecule has 7 nitrogen and oxygen atoms in total. The summed E-state index contributed by atoms with van der Waals surface area (Å²) >= 11 is 0. The van der Waals surface area contributed by atoms with E-state index in [1.54, 1.807) is 0 Å². The lowest BCUT2D eigenvalue weighted by Crippen LogP contribution is -2.35. The number of halogens is 2. The summed E-state index contributed by atoms with van der Waals surface area (Å²) in [5.41, 5.74) is 12.6. The fourth-order valence-corrected chi connectivity index (χ4v) is 3.12. The van der Waals surface area contributed by atoms with Crippen LogP contribution in [0.25, 0.3) is 0 Å². The minimum Gasteiger partial charge on any atom is -0.370 e. The molecule has 1 amide bonds. The first-order chi connectivity index (χ1) is 10.6. The number of nitrogen functional groups attached to an aromatic ring is 1. The third-order valence-electron chi connectivity index (χ3n) is 4.44. The van der Waals surface area contributed by atoms with Crippen molar-refractivity contribution in [3.05, 3.63) is 11.8 Å². The number of hydrogen-bond acceptors (Lipinski definition) is 6. The van der Waals surface area contributed by atoms with Crippen molar-refractivity contribution in [3.8, 4) is 0 Å². The molecule has 5 N–H and O–H groups in total. The second-order valence-corrected chi connectivity index (χ2v) is 6.23. The maximum atomic E-state index is 11.5. The third-order valence-corrected chi connectivity index (χ3v) is 4.44. The van der Waals surface area contributed by atoms with Crippen LogP contribution >= 0.6 is 24.8 Å². The van der Waals surface area contributed by atoms with E-state index in [-0.39, 0.29) is 36.8 Å². The van der Waals surface area contributed by atoms with Gasteiger partial charge in [-0.3, -0.25) is 4.79 Å². The normalized spacial score (nSPS) is 22.4. The molecular formula is C15H26Cl2N6O. The van der Waals surface area contributed by atoms with Crippen LogP contribution in [0, 0.1) is 0 Å². The van der Waals surface area contributed by atoms with Gasteiger partial charge in [-0.1, -0.05) is 0 Å². The molecule has 24 heavy (non-hydrogen) atoms. The lowest BCUT2D eigenvalue weighted by atomic mass is 9.78. The molecule has 136 valence electrons. The zero-order chi connectivity index (χ0) is 15.5. The number of carbonyl (C=O) groups is 1. The largest absolute Gasteiger partial charge is 0.370 e. The predicted octanol–water partition coefficient (Wildman–Crippen LogP) is 1.53. The summed E-state index contributed by atoms with van der Waals surface area (Å²) in [6.07, 6.45) is 4.52. The fraction of sp³-hybridized carbons (Fsp3) is 0.667. The number of amides is 1. The zero-order valence-electron chi connectivity index (χ0n) is 13.6. The molecule has 1 aromatic heterocycles. The molecule has 2 heterocycles. The summed E-state index contributed by atoms with van der Waals surface area (Å²) in [6.45, 7) is 2.46. The van der Waals surface area contributed by atoms with E-state index in [4.69, 9.17) is 11.5 Å². The Kier molecular flexibility index (Phi) is 7.99. The van der Waals surface area contributed by atoms with Crippen LogP contribution in [0.2, 0.25) is 0 Å². The number of nitrogens with two attached hydrogens (primary N) is 2. The first-order valence-corrected chi connectivity index (χ1v) is 8.03. The Bertz CT molecular complexity index is 553. The Morgan fingerprint density at radius 2 is 2.04 bits per heavy atom. The average Bonchev–Trinajstić information content (AvgIpc) is 2.85. The lowest BCUT2D eigenvalue weighted by Gasteiger charge is -2.32. The molecule has 0 spiro atoms. The van der Waals surface area contributed by atoms with E-state index in [9.17, 15) is 4.79 Å². The van der Waals surface area contributed by atoms with Crippen molar-refractivity contribution in [2.45, 2.75) is 44.1 Å². The Hall–Kier alpha value is -1.31. The molecule has 2 fully saturated rings. The summed E-state index contributed by atoms with van der Waals surface area (Å²) in [4.78, 5) is 22.0. The topological polar surface area (TPSA) is 110 Å². The molecule has 1 aliphatic heterocycles. The number of carbonyl (C=O) groups excluding carboxylic acids is 1. The van der Waals surface area contributed by atoms with Gasteiger partial charge in [-0.05, 0) is 25.7 Å². The summed E-state index contributed by atoms with van der Waals surface area (Å²) < 4.78 is 0. The molecule has 0 aromatic carbocycles. The highest BCUT2D eigenvalue weighted by Crippen LogP contribution is 2.35. The van der Waals surface area contributed by atoms with Gasteiger partial charge in [0.15, 0.2) is 0 Å². The zero-order valence-corrected chi connectivity index (χ0v) is 15.2. The van der Waals surface area contributed by atoms with Gasteiger partial charge in [-0.15, -0.1) is 24.8 Å². The summed E-state index contributed by atoms with van der Waals surface area (Å²) in [5.74, 6) is 1.74. The summed E-state index contributed by atoms with van der Waals surface area (Å²) in [6, 6.07) is 2.25. The molecule has 1 saturated carbocycles. The second kappa shape index (κ2) is 9.25. The van der Waals surface area contributed by atoms with Gasteiger partial charge in [-0.25, -0.2) is 4.98 Å². The molecule has 0 unspecified atom stereocenters. The van der Waals surface area contributed by atoms with Gasteiger partial charge in [-0.2, -0.15) is 4.98 Å². The van der Waals surface area contributed by atoms with Crippen molar-refractivity contribution in [1.29, 1.82) is 0 Å². The highest BCUT2D eigenvalue weighted by Gasteiger charge is 2.29. The highest BCUT2D eigenvalue weighted by molar-refractivity contribution is 5.85. The van der Waals surface area contributed by atoms with Crippen molar-refractivity contribution >= 4 is 42.5 Å². The smallest absolute Gasteiger partial charge is 0.222 e. The molecule has 0 atom stereocenters. The Morgan fingerprint density at radius 3 is 2.67 bits per heavy atom. The molecule has 9 heteroatoms. The molecule has 1 aliphatic carbocycles. The van der Waals surface area contributed by atoms with Crippen LogP contribution in [-0.4, -0.2) is 46.5 Å². The van der Waals surface area contributed by atoms with Gasteiger partial charge in [0.1, 0.15) is 5.82 Å². The second-order valence-electron chi connectivity index (χ2n) is 6.23. The number of likely N-dealkylation sites (tertiary alicyclic amines) is 1. The van der Waals surface area contributed by atoms with Crippen molar-refractivity contribution in [1.82, 2.24) is 14.9 Å². The van der Waals surface area contributed by atoms with E-state index in [0.29, 0.717) is 18.3 Å². The Morgan fingerprint density at radius 1 is 1.29 bits per heavy atom. The van der Waals surface area contributed by atoms with Crippen molar-refractivity contribution in [2.24, 2.45) is 5.73 Å². The third kappa shape index (κ3) is 5.09. The highest BCUT2D eigenvalue weighted by atomic mass is 35.5. The Labute approximate surface area is 154 Å². The molecule has 1 saturated heterocycles. The van der Waals surface area contributed by atoms with E-state index in [0.717, 1.165) is 56.8 Å². The molecule has 0 bridgehead atoms. The first-order valence-electron chi connectivity index (χ1n) is 8.03. The number of rotatable bonds is 6. The van der Waals surface area contributed by atoms with Gasteiger partial charge in [0.25, 0.3) is 0 Å². The van der Waals surface area contributed by atoms with E-state index in [1.165, 1.54) is 0 Å². The fourth-order valence-electron chi connectivity index (χ4n) is 3.12. The lowest BCUT2D eigenvalue weighted by molar-refractivity contribution is -0.127. The molecule has 1 aromatic rings. The van der Waals surface area contributed by atoms with Crippen LogP contribution in [0.1, 0.15) is 43.7 Å². The quantitative estimate of drug-likeness (QED) is 0.649. The standard InChI is InChI=1S/C15H24N6O.2ClH/c16-11-7-10(8-11)12-9-13(20-15(17)19-12)18-4-2-6-21-5-1-3-14(21)22;;/h9-11H,1-8,16H2,(H3,17,18,19,20);2*1H. The summed E-state index contributed by atoms with van der Waals surface area (Å²) in [5, 5.41) is 3.28. The maximum absolute atomic E-state index is 11.5. The number of nitrogens with one attached hydrogen (secondary N) is 1. The van der Waals surface area contributed by atoms with E-state index in [2.05, 4.69) is 15.3 Å². The van der Waals surface area contributed by atoms with Crippen LogP contribution in [0.15, 0.2) is 6.07 Å². The van der Waals surface area contributed by atoms with Crippen LogP contribution in [0.5, 0.6) is 0 Å². The summed E-state index contributed by atoms with van der Waals surface area (Å²) in [7, 11) is 0. The van der Waals surface area contributed by atoms with E-state index in [1.807, 2.05) is 11.0 Å². The minimum absolute atomic E-state index is 0. The number of aromatic nitrogens is 2. The predicted molar refractivity (Wildman–Crippen MR) is 99.8 cm³/mol. The molecular weight excluding hydrogens is 351 g/mol. The number of hydrogen-bond donors (Lipinski definition) is 3. The SMILES string of the molecule is Cl.Cl.Nc1nc(NCCCN2CCCC2=O)cc(C2CC(N)C2)n1. The van der Waals surface area contributed by atoms with Gasteiger partial charge >= 0.3 is 0 Å². The molecule has 0 radical (unpaired) electrons. The van der Waals surface area contributed by atoms with Crippen LogP contribution in [0.4, 0.5) is 11.8 Å². The number of nitrogens with zero attached hydrogens (tertiary/aromatic N) is 3. The van der Waals surface area contributed by atoms with Gasteiger partial charge in [0.2, 0.25) is 11.9 Å². The first kappa shape index (κ1) is 20.7. The van der Waals surface area contributed by atoms with Crippen molar-refractivity contribution in [2.75, 3.05) is 30.7 Å². The van der Waals surface area contributed by atoms with Gasteiger partial charge in [0.05, 0.1) is 5.69 Å². The van der Waals surface area contributed by atoms with E-state index < -0.39 is 0 Å². The van der Waals surface area contributed by atoms with Gasteiger partial charge < -0.3 is 21.7 Å². The van der Waals surface area contributed by atoms with Crippen LogP contribution in [-0.2, 0) is 4.79 Å². The van der Waals surface area contributed by atoms with E-state index >= 15 is 0 Å². The van der Waals surface area contributed by atoms with Crippen molar-refractivity contribution < 1.29 is 4.79 Å². The molecule has 3 rings (SSSR count). The van der Waals surface area contributed by atoms with Crippen LogP contribution < -0.4 is 16.8 Å². The van der Waals surface area contributed by atoms with Crippen LogP contribution in [0.3, 0.4) is 0 Å². The minimum atomic E-state index is 0. The number of anilines is 2. The molecule has 2 aliphatic rings. The maximum Gasteiger partial charge on any atom is 0.222 e. The van der Waals surface area contributed by atoms with Crippen molar-refractivity contribution in [3.63, 3.8) is 0 Å². The monoisotopic (exact) mass is 376 g/mol. The Balaban J connectivity index is 0.00000144.